The number of aromatic nitrogens is 4. The summed E-state index contributed by atoms with van der Waals surface area (Å²) in [4.78, 5) is 23.8. The monoisotopic (exact) mass is 363 g/mol. The number of benzene rings is 1. The molecule has 3 aromatic rings. The van der Waals surface area contributed by atoms with Gasteiger partial charge >= 0.3 is 0 Å². The van der Waals surface area contributed by atoms with E-state index in [-0.39, 0.29) is 17.8 Å². The summed E-state index contributed by atoms with van der Waals surface area (Å²) < 4.78 is 1.64. The largest absolute Gasteiger partial charge is 0.329 e. The normalized spacial score (nSPS) is 14.1. The van der Waals surface area contributed by atoms with E-state index in [1.165, 1.54) is 5.56 Å². The third-order valence-electron chi connectivity index (χ3n) is 5.06. The highest BCUT2D eigenvalue weighted by atomic mass is 16.2. The Labute approximate surface area is 159 Å². The van der Waals surface area contributed by atoms with Gasteiger partial charge in [-0.15, -0.1) is 5.10 Å². The van der Waals surface area contributed by atoms with Crippen LogP contribution in [0.4, 0.5) is 0 Å². The fraction of sp³-hybridized carbons (Fsp3) is 0.429. The molecule has 0 bridgehead atoms. The van der Waals surface area contributed by atoms with Crippen molar-refractivity contribution in [1.29, 1.82) is 0 Å². The molecule has 0 aliphatic heterocycles. The average molecular weight is 363 g/mol. The Kier molecular flexibility index (Phi) is 4.42. The second-order valence-corrected chi connectivity index (χ2v) is 7.75. The number of carbonyl (C=O) groups is 1. The molecule has 1 saturated carbocycles. The summed E-state index contributed by atoms with van der Waals surface area (Å²) in [6, 6.07) is 10.7. The zero-order chi connectivity index (χ0) is 19.1. The first-order chi connectivity index (χ1) is 12.9. The van der Waals surface area contributed by atoms with Crippen LogP contribution in [0, 0.1) is 13.8 Å². The lowest BCUT2D eigenvalue weighted by atomic mass is 10.0. The van der Waals surface area contributed by atoms with E-state index >= 15 is 0 Å². The van der Waals surface area contributed by atoms with Gasteiger partial charge in [-0.05, 0) is 49.8 Å². The van der Waals surface area contributed by atoms with E-state index < -0.39 is 0 Å². The van der Waals surface area contributed by atoms with E-state index in [1.54, 1.807) is 4.52 Å². The van der Waals surface area contributed by atoms with Crippen LogP contribution in [-0.4, -0.2) is 36.4 Å². The van der Waals surface area contributed by atoms with Crippen molar-refractivity contribution in [3.05, 3.63) is 58.7 Å². The summed E-state index contributed by atoms with van der Waals surface area (Å²) in [6.07, 6.45) is 2.08. The van der Waals surface area contributed by atoms with Crippen molar-refractivity contribution in [3.8, 4) is 0 Å². The van der Waals surface area contributed by atoms with Gasteiger partial charge < -0.3 is 4.90 Å². The van der Waals surface area contributed by atoms with Gasteiger partial charge in [0.25, 0.3) is 11.7 Å². The summed E-state index contributed by atoms with van der Waals surface area (Å²) in [7, 11) is 0. The molecule has 0 spiro atoms. The van der Waals surface area contributed by atoms with E-state index in [1.807, 2.05) is 24.8 Å². The number of rotatable bonds is 5. The fourth-order valence-corrected chi connectivity index (χ4v) is 3.34. The Hall–Kier alpha value is -2.76. The van der Waals surface area contributed by atoms with Gasteiger partial charge in [-0.3, -0.25) is 4.79 Å². The maximum Gasteiger partial charge on any atom is 0.294 e. The van der Waals surface area contributed by atoms with Crippen molar-refractivity contribution in [1.82, 2.24) is 24.5 Å². The quantitative estimate of drug-likeness (QED) is 0.694. The Balaban J connectivity index is 1.60. The SMILES string of the molecule is Cc1cc(C)n2nc(C(=O)N(Cc3ccc(C(C)C)cc3)C3CC3)nc2n1. The molecule has 0 saturated heterocycles. The Morgan fingerprint density at radius 3 is 2.52 bits per heavy atom. The summed E-state index contributed by atoms with van der Waals surface area (Å²) in [5.74, 6) is 1.09. The molecule has 0 N–H and O–H groups in total. The molecule has 0 unspecified atom stereocenters. The molecule has 6 nitrogen and oxygen atoms in total. The van der Waals surface area contributed by atoms with Crippen LogP contribution in [0.2, 0.25) is 0 Å². The van der Waals surface area contributed by atoms with Gasteiger partial charge in [-0.2, -0.15) is 4.98 Å². The third-order valence-corrected chi connectivity index (χ3v) is 5.06. The van der Waals surface area contributed by atoms with Crippen molar-refractivity contribution in [3.63, 3.8) is 0 Å². The molecule has 6 heteroatoms. The fourth-order valence-electron chi connectivity index (χ4n) is 3.34. The van der Waals surface area contributed by atoms with E-state index in [0.717, 1.165) is 29.8 Å². The number of hydrogen-bond acceptors (Lipinski definition) is 4. The smallest absolute Gasteiger partial charge is 0.294 e. The Bertz CT molecular complexity index is 986. The maximum absolute atomic E-state index is 13.1. The molecule has 0 atom stereocenters. The summed E-state index contributed by atoms with van der Waals surface area (Å²) in [5.41, 5.74) is 4.23. The Morgan fingerprint density at radius 1 is 1.19 bits per heavy atom. The van der Waals surface area contributed by atoms with Crippen LogP contribution in [0.25, 0.3) is 5.78 Å². The summed E-state index contributed by atoms with van der Waals surface area (Å²) in [5, 5.41) is 4.42. The average Bonchev–Trinajstić information content (AvgIpc) is 3.38. The standard InChI is InChI=1S/C21H25N5O/c1-13(2)17-7-5-16(6-8-17)12-25(18-9-10-18)20(27)19-23-21-22-14(3)11-15(4)26(21)24-19/h5-8,11,13,18H,9-10,12H2,1-4H3. The van der Waals surface area contributed by atoms with Crippen LogP contribution in [0.5, 0.6) is 0 Å². The molecule has 140 valence electrons. The zero-order valence-corrected chi connectivity index (χ0v) is 16.3. The summed E-state index contributed by atoms with van der Waals surface area (Å²) >= 11 is 0. The molecular weight excluding hydrogens is 338 g/mol. The lowest BCUT2D eigenvalue weighted by molar-refractivity contribution is 0.0717. The van der Waals surface area contributed by atoms with Gasteiger partial charge in [0.2, 0.25) is 5.82 Å². The lowest BCUT2D eigenvalue weighted by Gasteiger charge is -2.21. The van der Waals surface area contributed by atoms with Crippen molar-refractivity contribution >= 4 is 11.7 Å². The highest BCUT2D eigenvalue weighted by molar-refractivity contribution is 5.91. The van der Waals surface area contributed by atoms with Crippen LogP contribution in [-0.2, 0) is 6.54 Å². The van der Waals surface area contributed by atoms with Crippen LogP contribution in [0.15, 0.2) is 30.3 Å². The second-order valence-electron chi connectivity index (χ2n) is 7.75. The van der Waals surface area contributed by atoms with Crippen LogP contribution >= 0.6 is 0 Å². The number of aryl methyl sites for hydroxylation is 2. The molecule has 1 aliphatic rings. The van der Waals surface area contributed by atoms with E-state index in [9.17, 15) is 4.79 Å². The van der Waals surface area contributed by atoms with Crippen molar-refractivity contribution < 1.29 is 4.79 Å². The highest BCUT2D eigenvalue weighted by Gasteiger charge is 2.35. The summed E-state index contributed by atoms with van der Waals surface area (Å²) in [6.45, 7) is 8.81. The molecule has 1 aromatic carbocycles. The van der Waals surface area contributed by atoms with Crippen LogP contribution in [0.1, 0.15) is 65.7 Å². The molecule has 2 aromatic heterocycles. The number of carbonyl (C=O) groups excluding carboxylic acids is 1. The first-order valence-electron chi connectivity index (χ1n) is 9.53. The zero-order valence-electron chi connectivity index (χ0n) is 16.3. The van der Waals surface area contributed by atoms with Gasteiger partial charge in [0.1, 0.15) is 0 Å². The van der Waals surface area contributed by atoms with E-state index in [0.29, 0.717) is 18.2 Å². The molecule has 27 heavy (non-hydrogen) atoms. The van der Waals surface area contributed by atoms with Crippen molar-refractivity contribution in [2.75, 3.05) is 0 Å². The molecule has 1 aliphatic carbocycles. The topological polar surface area (TPSA) is 63.4 Å². The Morgan fingerprint density at radius 2 is 1.89 bits per heavy atom. The van der Waals surface area contributed by atoms with E-state index in [4.69, 9.17) is 0 Å². The number of amides is 1. The predicted octanol–water partition coefficient (Wildman–Crippen LogP) is 3.67. The van der Waals surface area contributed by atoms with Gasteiger partial charge in [0.05, 0.1) is 0 Å². The molecule has 0 radical (unpaired) electrons. The minimum Gasteiger partial charge on any atom is -0.329 e. The molecule has 4 rings (SSSR count). The van der Waals surface area contributed by atoms with Crippen molar-refractivity contribution in [2.24, 2.45) is 0 Å². The number of fused-ring (bicyclic) bond motifs is 1. The molecule has 1 fully saturated rings. The maximum atomic E-state index is 13.1. The lowest BCUT2D eigenvalue weighted by Crippen LogP contribution is -2.33. The van der Waals surface area contributed by atoms with Crippen LogP contribution < -0.4 is 0 Å². The molecular formula is C21H25N5O. The van der Waals surface area contributed by atoms with E-state index in [2.05, 4.69) is 53.2 Å². The van der Waals surface area contributed by atoms with Crippen molar-refractivity contribution in [2.45, 2.75) is 59.0 Å². The minimum absolute atomic E-state index is 0.118. The molecule has 2 heterocycles. The highest BCUT2D eigenvalue weighted by Crippen LogP contribution is 2.30. The first-order valence-corrected chi connectivity index (χ1v) is 9.53. The molecule has 1 amide bonds. The number of hydrogen-bond donors (Lipinski definition) is 0. The van der Waals surface area contributed by atoms with Gasteiger partial charge in [0.15, 0.2) is 0 Å². The first kappa shape index (κ1) is 17.6. The second kappa shape index (κ2) is 6.76. The van der Waals surface area contributed by atoms with Crippen LogP contribution in [0.3, 0.4) is 0 Å². The predicted molar refractivity (Wildman–Crippen MR) is 104 cm³/mol. The minimum atomic E-state index is -0.118. The van der Waals surface area contributed by atoms with Gasteiger partial charge in [-0.25, -0.2) is 9.50 Å². The third kappa shape index (κ3) is 3.56. The van der Waals surface area contributed by atoms with Gasteiger partial charge in [0, 0.05) is 24.0 Å². The van der Waals surface area contributed by atoms with Gasteiger partial charge in [-0.1, -0.05) is 38.1 Å². The number of nitrogens with zero attached hydrogens (tertiary/aromatic N) is 5.